The molecule has 0 fully saturated rings. The number of para-hydroxylation sites is 2. The maximum atomic E-state index is 13.5. The van der Waals surface area contributed by atoms with Crippen molar-refractivity contribution >= 4 is 23.2 Å². The fraction of sp³-hybridized carbons (Fsp3) is 0.391. The number of anilines is 2. The molecule has 0 radical (unpaired) electrons. The van der Waals surface area contributed by atoms with Crippen LogP contribution in [0.2, 0.25) is 0 Å². The lowest BCUT2D eigenvalue weighted by atomic mass is 9.88. The van der Waals surface area contributed by atoms with Crippen molar-refractivity contribution in [3.8, 4) is 0 Å². The van der Waals surface area contributed by atoms with Gasteiger partial charge in [-0.1, -0.05) is 36.4 Å². The van der Waals surface area contributed by atoms with Gasteiger partial charge in [0.1, 0.15) is 5.41 Å². The SMILES string of the molecule is CC1Cc2ccccc2N1C(=O)C(C)(C)C(=O)N1c2ccccc2CC1C. The lowest BCUT2D eigenvalue weighted by Crippen LogP contribution is -2.53. The highest BCUT2D eigenvalue weighted by Crippen LogP contribution is 2.39. The molecule has 0 saturated carbocycles. The second-order valence-electron chi connectivity index (χ2n) is 8.34. The second kappa shape index (κ2) is 6.22. The van der Waals surface area contributed by atoms with Crippen LogP contribution >= 0.6 is 0 Å². The topological polar surface area (TPSA) is 40.6 Å². The van der Waals surface area contributed by atoms with Crippen molar-refractivity contribution in [3.05, 3.63) is 59.7 Å². The number of hydrogen-bond donors (Lipinski definition) is 0. The Bertz CT molecular complexity index is 845. The Morgan fingerprint density at radius 1 is 0.778 bits per heavy atom. The number of rotatable bonds is 2. The molecule has 2 unspecified atom stereocenters. The number of nitrogens with zero attached hydrogens (tertiary/aromatic N) is 2. The second-order valence-corrected chi connectivity index (χ2v) is 8.34. The van der Waals surface area contributed by atoms with Gasteiger partial charge in [0.15, 0.2) is 0 Å². The van der Waals surface area contributed by atoms with Gasteiger partial charge in [0.05, 0.1) is 0 Å². The molecule has 0 N–H and O–H groups in total. The Labute approximate surface area is 160 Å². The Hall–Kier alpha value is -2.62. The van der Waals surface area contributed by atoms with Crippen molar-refractivity contribution < 1.29 is 9.59 Å². The first-order valence-corrected chi connectivity index (χ1v) is 9.65. The van der Waals surface area contributed by atoms with Crippen LogP contribution in [0.5, 0.6) is 0 Å². The van der Waals surface area contributed by atoms with Crippen molar-refractivity contribution in [1.29, 1.82) is 0 Å². The van der Waals surface area contributed by atoms with Gasteiger partial charge in [-0.3, -0.25) is 9.59 Å². The minimum Gasteiger partial charge on any atom is -0.308 e. The van der Waals surface area contributed by atoms with E-state index in [4.69, 9.17) is 0 Å². The van der Waals surface area contributed by atoms with E-state index >= 15 is 0 Å². The predicted octanol–water partition coefficient (Wildman–Crippen LogP) is 3.97. The molecule has 2 aliphatic heterocycles. The zero-order valence-corrected chi connectivity index (χ0v) is 16.4. The van der Waals surface area contributed by atoms with Crippen LogP contribution in [-0.4, -0.2) is 23.9 Å². The van der Waals surface area contributed by atoms with Crippen molar-refractivity contribution in [3.63, 3.8) is 0 Å². The Morgan fingerprint density at radius 2 is 1.15 bits per heavy atom. The zero-order chi connectivity index (χ0) is 19.3. The van der Waals surface area contributed by atoms with Crippen LogP contribution in [0.1, 0.15) is 38.8 Å². The van der Waals surface area contributed by atoms with Gasteiger partial charge in [0, 0.05) is 23.5 Å². The highest BCUT2D eigenvalue weighted by atomic mass is 16.2. The summed E-state index contributed by atoms with van der Waals surface area (Å²) in [5.41, 5.74) is 3.08. The summed E-state index contributed by atoms with van der Waals surface area (Å²) in [6.45, 7) is 7.62. The minimum atomic E-state index is -1.13. The molecule has 2 atom stereocenters. The smallest absolute Gasteiger partial charge is 0.242 e. The zero-order valence-electron chi connectivity index (χ0n) is 16.4. The molecule has 4 nitrogen and oxygen atoms in total. The number of hydrogen-bond acceptors (Lipinski definition) is 2. The number of benzene rings is 2. The largest absolute Gasteiger partial charge is 0.308 e. The molecule has 2 aliphatic rings. The first-order valence-electron chi connectivity index (χ1n) is 9.65. The molecule has 0 bridgehead atoms. The molecule has 2 aromatic carbocycles. The quantitative estimate of drug-likeness (QED) is 0.759. The third-order valence-electron chi connectivity index (χ3n) is 5.92. The molecule has 4 heteroatoms. The molecular formula is C23H26N2O2. The first kappa shape index (κ1) is 17.8. The van der Waals surface area contributed by atoms with E-state index in [0.717, 1.165) is 24.2 Å². The van der Waals surface area contributed by atoms with Crippen LogP contribution < -0.4 is 9.80 Å². The monoisotopic (exact) mass is 362 g/mol. The van der Waals surface area contributed by atoms with E-state index in [-0.39, 0.29) is 23.9 Å². The predicted molar refractivity (Wildman–Crippen MR) is 108 cm³/mol. The fourth-order valence-corrected chi connectivity index (χ4v) is 4.44. The van der Waals surface area contributed by atoms with Crippen molar-refractivity contribution in [2.45, 2.75) is 52.6 Å². The van der Waals surface area contributed by atoms with Crippen LogP contribution in [0.25, 0.3) is 0 Å². The van der Waals surface area contributed by atoms with E-state index in [1.54, 1.807) is 13.8 Å². The van der Waals surface area contributed by atoms with Gasteiger partial charge in [-0.15, -0.1) is 0 Å². The Kier molecular flexibility index (Phi) is 4.10. The van der Waals surface area contributed by atoms with Crippen molar-refractivity contribution in [2.75, 3.05) is 9.80 Å². The summed E-state index contributed by atoms with van der Waals surface area (Å²) in [6, 6.07) is 16.1. The lowest BCUT2D eigenvalue weighted by Gasteiger charge is -2.35. The van der Waals surface area contributed by atoms with Gasteiger partial charge in [-0.05, 0) is 63.8 Å². The molecule has 0 aromatic heterocycles. The standard InChI is InChI=1S/C23H26N2O2/c1-15-13-17-9-5-7-11-19(17)24(15)21(26)23(3,4)22(27)25-16(2)14-18-10-6-8-12-20(18)25/h5-12,15-16H,13-14H2,1-4H3. The maximum Gasteiger partial charge on any atom is 0.242 e. The van der Waals surface area contributed by atoms with Gasteiger partial charge in [-0.25, -0.2) is 0 Å². The lowest BCUT2D eigenvalue weighted by molar-refractivity contribution is -0.138. The molecule has 140 valence electrons. The highest BCUT2D eigenvalue weighted by molar-refractivity contribution is 6.17. The Morgan fingerprint density at radius 3 is 1.56 bits per heavy atom. The molecule has 2 amide bonds. The third-order valence-corrected chi connectivity index (χ3v) is 5.92. The van der Waals surface area contributed by atoms with E-state index in [1.807, 2.05) is 60.0 Å². The van der Waals surface area contributed by atoms with E-state index < -0.39 is 5.41 Å². The van der Waals surface area contributed by atoms with E-state index in [2.05, 4.69) is 12.1 Å². The first-order chi connectivity index (χ1) is 12.8. The minimum absolute atomic E-state index is 0.0604. The molecular weight excluding hydrogens is 336 g/mol. The Balaban J connectivity index is 1.67. The third kappa shape index (κ3) is 2.66. The molecule has 4 rings (SSSR count). The molecule has 0 spiro atoms. The fourth-order valence-electron chi connectivity index (χ4n) is 4.44. The van der Waals surface area contributed by atoms with Crippen molar-refractivity contribution in [1.82, 2.24) is 0 Å². The van der Waals surface area contributed by atoms with Gasteiger partial charge in [0.2, 0.25) is 11.8 Å². The summed E-state index contributed by atoms with van der Waals surface area (Å²) in [4.78, 5) is 30.7. The van der Waals surface area contributed by atoms with Crippen LogP contribution in [0.4, 0.5) is 11.4 Å². The summed E-state index contributed by atoms with van der Waals surface area (Å²) in [5, 5.41) is 0. The molecule has 2 aromatic rings. The average molecular weight is 362 g/mol. The number of amides is 2. The van der Waals surface area contributed by atoms with Crippen LogP contribution in [0.3, 0.4) is 0 Å². The molecule has 2 heterocycles. The summed E-state index contributed by atoms with van der Waals surface area (Å²) in [6.07, 6.45) is 1.66. The summed E-state index contributed by atoms with van der Waals surface area (Å²) in [5.74, 6) is -0.247. The number of carbonyl (C=O) groups is 2. The molecule has 0 saturated heterocycles. The van der Waals surface area contributed by atoms with Gasteiger partial charge >= 0.3 is 0 Å². The molecule has 0 aliphatic carbocycles. The van der Waals surface area contributed by atoms with Crippen molar-refractivity contribution in [2.24, 2.45) is 5.41 Å². The normalized spacial score (nSPS) is 21.2. The maximum absolute atomic E-state index is 13.5. The highest BCUT2D eigenvalue weighted by Gasteiger charge is 2.47. The van der Waals surface area contributed by atoms with Crippen LogP contribution in [-0.2, 0) is 22.4 Å². The number of carbonyl (C=O) groups excluding carboxylic acids is 2. The van der Waals surface area contributed by atoms with E-state index in [0.29, 0.717) is 0 Å². The summed E-state index contributed by atoms with van der Waals surface area (Å²) >= 11 is 0. The van der Waals surface area contributed by atoms with Crippen LogP contribution in [0, 0.1) is 5.41 Å². The van der Waals surface area contributed by atoms with Gasteiger partial charge in [0.25, 0.3) is 0 Å². The van der Waals surface area contributed by atoms with Crippen LogP contribution in [0.15, 0.2) is 48.5 Å². The van der Waals surface area contributed by atoms with Gasteiger partial charge < -0.3 is 9.80 Å². The molecule has 27 heavy (non-hydrogen) atoms. The summed E-state index contributed by atoms with van der Waals surface area (Å²) < 4.78 is 0. The van der Waals surface area contributed by atoms with E-state index in [1.165, 1.54) is 11.1 Å². The average Bonchev–Trinajstić information content (AvgIpc) is 3.15. The number of fused-ring (bicyclic) bond motifs is 2. The summed E-state index contributed by atoms with van der Waals surface area (Å²) in [7, 11) is 0. The van der Waals surface area contributed by atoms with E-state index in [9.17, 15) is 9.59 Å². The van der Waals surface area contributed by atoms with Gasteiger partial charge in [-0.2, -0.15) is 0 Å².